The van der Waals surface area contributed by atoms with Crippen LogP contribution in [0.25, 0.3) is 0 Å². The van der Waals surface area contributed by atoms with Crippen LogP contribution >= 0.6 is 0 Å². The third-order valence-corrected chi connectivity index (χ3v) is 5.22. The number of benzene rings is 2. The minimum absolute atomic E-state index is 0. The normalized spacial score (nSPS) is 12.1. The molecule has 0 saturated heterocycles. The van der Waals surface area contributed by atoms with Crippen LogP contribution in [0.2, 0.25) is 0 Å². The number of nitriles is 1. The van der Waals surface area contributed by atoms with E-state index in [1.807, 2.05) is 12.1 Å². The zero-order valence-corrected chi connectivity index (χ0v) is 17.3. The second-order valence-corrected chi connectivity index (χ2v) is 6.45. The van der Waals surface area contributed by atoms with E-state index in [0.29, 0.717) is 0 Å². The van der Waals surface area contributed by atoms with Gasteiger partial charge in [0.15, 0.2) is 0 Å². The molecule has 3 rings (SSSR count). The highest BCUT2D eigenvalue weighted by Gasteiger charge is 2.28. The molecule has 0 fully saturated rings. The molecule has 2 aromatic carbocycles. The van der Waals surface area contributed by atoms with Crippen LogP contribution < -0.4 is 26.9 Å². The number of ether oxygens (including phenoxy) is 1. The summed E-state index contributed by atoms with van der Waals surface area (Å²) in [7, 11) is 0. The SMILES string of the molecule is CCN(CC)c1ccc2c(c1)Oc1cc(N(CC)CC)ccc1C2C#N.[Cl-]. The number of hydrogen-bond acceptors (Lipinski definition) is 4. The molecular weight excluding hydrogens is 358 g/mol. The Hall–Kier alpha value is -2.38. The lowest BCUT2D eigenvalue weighted by molar-refractivity contribution is -0.00000610. The van der Waals surface area contributed by atoms with Gasteiger partial charge in [-0.05, 0) is 39.8 Å². The average molecular weight is 385 g/mol. The number of halogens is 1. The number of hydrogen-bond donors (Lipinski definition) is 0. The van der Waals surface area contributed by atoms with Crippen molar-refractivity contribution in [2.24, 2.45) is 0 Å². The largest absolute Gasteiger partial charge is 1.00 e. The molecule has 0 radical (unpaired) electrons. The Balaban J connectivity index is 0.00000261. The lowest BCUT2D eigenvalue weighted by Gasteiger charge is -2.29. The summed E-state index contributed by atoms with van der Waals surface area (Å²) in [6.45, 7) is 12.4. The third-order valence-electron chi connectivity index (χ3n) is 5.22. The summed E-state index contributed by atoms with van der Waals surface area (Å²) in [6.07, 6.45) is 0. The summed E-state index contributed by atoms with van der Waals surface area (Å²) < 4.78 is 6.26. The summed E-state index contributed by atoms with van der Waals surface area (Å²) in [6, 6.07) is 14.9. The molecule has 0 aromatic heterocycles. The van der Waals surface area contributed by atoms with Crippen LogP contribution in [0.1, 0.15) is 44.7 Å². The van der Waals surface area contributed by atoms with E-state index in [4.69, 9.17) is 4.74 Å². The van der Waals surface area contributed by atoms with Crippen molar-refractivity contribution in [3.05, 3.63) is 47.5 Å². The molecule has 5 heteroatoms. The molecule has 1 aliphatic rings. The van der Waals surface area contributed by atoms with Gasteiger partial charge in [0.05, 0.1) is 6.07 Å². The van der Waals surface area contributed by atoms with Gasteiger partial charge in [-0.25, -0.2) is 0 Å². The number of fused-ring (bicyclic) bond motifs is 2. The van der Waals surface area contributed by atoms with Crippen LogP contribution in [0, 0.1) is 11.3 Å². The Kier molecular flexibility index (Phi) is 6.98. The van der Waals surface area contributed by atoms with E-state index in [2.05, 4.69) is 67.8 Å². The van der Waals surface area contributed by atoms with Gasteiger partial charge < -0.3 is 26.9 Å². The van der Waals surface area contributed by atoms with Gasteiger partial charge in [0.1, 0.15) is 17.4 Å². The number of nitrogens with zero attached hydrogens (tertiary/aromatic N) is 3. The van der Waals surface area contributed by atoms with E-state index in [9.17, 15) is 5.26 Å². The average Bonchev–Trinajstić information content (AvgIpc) is 2.67. The van der Waals surface area contributed by atoms with E-state index in [1.165, 1.54) is 0 Å². The lowest BCUT2D eigenvalue weighted by Crippen LogP contribution is -3.00. The van der Waals surface area contributed by atoms with Crippen LogP contribution in [0.3, 0.4) is 0 Å². The topological polar surface area (TPSA) is 39.5 Å². The fraction of sp³-hybridized carbons (Fsp3) is 0.409. The van der Waals surface area contributed by atoms with E-state index in [1.54, 1.807) is 0 Å². The molecule has 2 aromatic rings. The van der Waals surface area contributed by atoms with E-state index in [-0.39, 0.29) is 18.3 Å². The van der Waals surface area contributed by atoms with E-state index in [0.717, 1.165) is 60.2 Å². The molecule has 27 heavy (non-hydrogen) atoms. The van der Waals surface area contributed by atoms with Crippen LogP contribution in [-0.2, 0) is 0 Å². The second-order valence-electron chi connectivity index (χ2n) is 6.45. The molecule has 0 saturated carbocycles. The van der Waals surface area contributed by atoms with Crippen molar-refractivity contribution in [2.45, 2.75) is 33.6 Å². The van der Waals surface area contributed by atoms with Crippen molar-refractivity contribution in [2.75, 3.05) is 36.0 Å². The minimum atomic E-state index is -0.287. The molecule has 1 aliphatic heterocycles. The molecule has 0 bridgehead atoms. The molecule has 0 spiro atoms. The molecule has 0 N–H and O–H groups in total. The molecule has 0 unspecified atom stereocenters. The van der Waals surface area contributed by atoms with Gasteiger partial charge in [0.2, 0.25) is 0 Å². The van der Waals surface area contributed by atoms with Gasteiger partial charge in [-0.2, -0.15) is 5.26 Å². The van der Waals surface area contributed by atoms with Crippen molar-refractivity contribution in [1.29, 1.82) is 5.26 Å². The van der Waals surface area contributed by atoms with Crippen molar-refractivity contribution in [3.8, 4) is 17.6 Å². The van der Waals surface area contributed by atoms with Crippen molar-refractivity contribution in [1.82, 2.24) is 0 Å². The fourth-order valence-corrected chi connectivity index (χ4v) is 3.70. The highest BCUT2D eigenvalue weighted by Crippen LogP contribution is 2.46. The van der Waals surface area contributed by atoms with Gasteiger partial charge >= 0.3 is 0 Å². The minimum Gasteiger partial charge on any atom is -1.00 e. The first-order chi connectivity index (χ1) is 12.7. The van der Waals surface area contributed by atoms with Crippen LogP contribution in [0.4, 0.5) is 11.4 Å². The van der Waals surface area contributed by atoms with Crippen LogP contribution in [0.15, 0.2) is 36.4 Å². The van der Waals surface area contributed by atoms with Gasteiger partial charge in [0.25, 0.3) is 0 Å². The first-order valence-electron chi connectivity index (χ1n) is 9.51. The molecule has 144 valence electrons. The van der Waals surface area contributed by atoms with Gasteiger partial charge in [-0.15, -0.1) is 0 Å². The Morgan fingerprint density at radius 2 is 1.22 bits per heavy atom. The maximum Gasteiger partial charge on any atom is 0.134 e. The van der Waals surface area contributed by atoms with Crippen LogP contribution in [0.5, 0.6) is 11.5 Å². The second kappa shape index (κ2) is 9.01. The van der Waals surface area contributed by atoms with Gasteiger partial charge in [0, 0.05) is 60.8 Å². The summed E-state index contributed by atoms with van der Waals surface area (Å²) in [5.74, 6) is 1.31. The summed E-state index contributed by atoms with van der Waals surface area (Å²) in [5.41, 5.74) is 4.17. The molecule has 0 aliphatic carbocycles. The molecular formula is C22H27ClN3O-. The van der Waals surface area contributed by atoms with Gasteiger partial charge in [-0.3, -0.25) is 0 Å². The van der Waals surface area contributed by atoms with E-state index >= 15 is 0 Å². The standard InChI is InChI=1S/C22H27N3O.ClH/c1-5-24(6-2)16-9-11-18-20(15-23)19-12-10-17(25(7-3)8-4)14-22(19)26-21(18)13-16;/h9-14,20H,5-8H2,1-4H3;1H/p-1. The zero-order valence-electron chi connectivity index (χ0n) is 16.5. The maximum absolute atomic E-state index is 9.80. The molecule has 0 atom stereocenters. The predicted octanol–water partition coefficient (Wildman–Crippen LogP) is 2.14. The highest BCUT2D eigenvalue weighted by molar-refractivity contribution is 5.65. The van der Waals surface area contributed by atoms with Crippen LogP contribution in [-0.4, -0.2) is 26.2 Å². The van der Waals surface area contributed by atoms with Gasteiger partial charge in [-0.1, -0.05) is 12.1 Å². The smallest absolute Gasteiger partial charge is 0.134 e. The molecule has 1 heterocycles. The number of anilines is 2. The summed E-state index contributed by atoms with van der Waals surface area (Å²) >= 11 is 0. The predicted molar refractivity (Wildman–Crippen MR) is 108 cm³/mol. The fourth-order valence-electron chi connectivity index (χ4n) is 3.70. The summed E-state index contributed by atoms with van der Waals surface area (Å²) in [5, 5.41) is 9.80. The monoisotopic (exact) mass is 384 g/mol. The first kappa shape index (κ1) is 20.9. The maximum atomic E-state index is 9.80. The quantitative estimate of drug-likeness (QED) is 0.765. The van der Waals surface area contributed by atoms with Crippen molar-refractivity contribution in [3.63, 3.8) is 0 Å². The van der Waals surface area contributed by atoms with Crippen molar-refractivity contribution >= 4 is 11.4 Å². The zero-order chi connectivity index (χ0) is 18.7. The summed E-state index contributed by atoms with van der Waals surface area (Å²) in [4.78, 5) is 4.57. The Morgan fingerprint density at radius 3 is 1.56 bits per heavy atom. The first-order valence-corrected chi connectivity index (χ1v) is 9.51. The van der Waals surface area contributed by atoms with E-state index < -0.39 is 0 Å². The Labute approximate surface area is 168 Å². The Bertz CT molecular complexity index is 761. The number of rotatable bonds is 6. The van der Waals surface area contributed by atoms with Crippen molar-refractivity contribution < 1.29 is 17.1 Å². The Morgan fingerprint density at radius 1 is 0.815 bits per heavy atom. The highest BCUT2D eigenvalue weighted by atomic mass is 35.5. The molecule has 0 amide bonds. The third kappa shape index (κ3) is 3.84. The lowest BCUT2D eigenvalue weighted by atomic mass is 9.88. The molecule has 4 nitrogen and oxygen atoms in total.